The number of carbonyl (C=O) groups is 1. The van der Waals surface area contributed by atoms with E-state index in [2.05, 4.69) is 36.9 Å². The summed E-state index contributed by atoms with van der Waals surface area (Å²) in [5.74, 6) is -0.843. The maximum absolute atomic E-state index is 11.0. The molecule has 1 fully saturated rings. The lowest BCUT2D eigenvalue weighted by Gasteiger charge is -2.30. The van der Waals surface area contributed by atoms with E-state index in [9.17, 15) is 4.79 Å². The summed E-state index contributed by atoms with van der Waals surface area (Å²) in [6.45, 7) is 6.79. The first-order chi connectivity index (χ1) is 8.56. The van der Waals surface area contributed by atoms with Crippen LogP contribution in [-0.4, -0.2) is 29.1 Å². The third kappa shape index (κ3) is 3.10. The predicted molar refractivity (Wildman–Crippen MR) is 71.6 cm³/mol. The number of carboxylic acid groups (broad SMARTS) is 1. The zero-order valence-electron chi connectivity index (χ0n) is 11.1. The zero-order valence-corrected chi connectivity index (χ0v) is 11.1. The minimum Gasteiger partial charge on any atom is -0.481 e. The Hall–Kier alpha value is -1.35. The zero-order chi connectivity index (χ0) is 13.1. The summed E-state index contributed by atoms with van der Waals surface area (Å²) in [6.07, 6.45) is 1.81. The van der Waals surface area contributed by atoms with Gasteiger partial charge >= 0.3 is 5.97 Å². The van der Waals surface area contributed by atoms with Gasteiger partial charge in [-0.1, -0.05) is 18.2 Å². The number of nitrogens with zero attached hydrogens (tertiary/aromatic N) is 1. The number of aryl methyl sites for hydroxylation is 2. The molecule has 0 bridgehead atoms. The molecule has 1 unspecified atom stereocenters. The van der Waals surface area contributed by atoms with Crippen LogP contribution in [0.1, 0.15) is 29.5 Å². The number of carboxylic acids is 1. The molecule has 1 aromatic carbocycles. The molecule has 1 saturated heterocycles. The quantitative estimate of drug-likeness (QED) is 0.892. The third-order valence-corrected chi connectivity index (χ3v) is 3.83. The van der Waals surface area contributed by atoms with Crippen LogP contribution in [0.2, 0.25) is 0 Å². The van der Waals surface area contributed by atoms with Crippen molar-refractivity contribution in [2.45, 2.75) is 33.2 Å². The highest BCUT2D eigenvalue weighted by atomic mass is 16.4. The van der Waals surface area contributed by atoms with Crippen molar-refractivity contribution in [2.24, 2.45) is 5.92 Å². The maximum atomic E-state index is 11.0. The summed E-state index contributed by atoms with van der Waals surface area (Å²) < 4.78 is 0. The van der Waals surface area contributed by atoms with Crippen molar-refractivity contribution in [3.63, 3.8) is 0 Å². The van der Waals surface area contributed by atoms with Gasteiger partial charge in [0, 0.05) is 13.1 Å². The molecule has 1 heterocycles. The first-order valence-corrected chi connectivity index (χ1v) is 6.57. The van der Waals surface area contributed by atoms with E-state index >= 15 is 0 Å². The summed E-state index contributed by atoms with van der Waals surface area (Å²) in [5, 5.41) is 9.08. The average Bonchev–Trinajstić information content (AvgIpc) is 2.34. The minimum absolute atomic E-state index is 0.190. The summed E-state index contributed by atoms with van der Waals surface area (Å²) >= 11 is 0. The number of piperidine rings is 1. The molecule has 0 aliphatic carbocycles. The molecule has 3 heteroatoms. The molecule has 0 aromatic heterocycles. The van der Waals surface area contributed by atoms with Gasteiger partial charge in [0.05, 0.1) is 5.92 Å². The molecule has 3 nitrogen and oxygen atoms in total. The van der Waals surface area contributed by atoms with Gasteiger partial charge in [0.1, 0.15) is 0 Å². The van der Waals surface area contributed by atoms with Crippen molar-refractivity contribution in [3.05, 3.63) is 34.9 Å². The lowest BCUT2D eigenvalue weighted by atomic mass is 9.97. The van der Waals surface area contributed by atoms with E-state index in [0.29, 0.717) is 6.54 Å². The summed E-state index contributed by atoms with van der Waals surface area (Å²) in [6, 6.07) is 6.50. The van der Waals surface area contributed by atoms with Crippen molar-refractivity contribution >= 4 is 5.97 Å². The third-order valence-electron chi connectivity index (χ3n) is 3.83. The lowest BCUT2D eigenvalue weighted by Crippen LogP contribution is -2.38. The Morgan fingerprint density at radius 2 is 2.17 bits per heavy atom. The summed E-state index contributed by atoms with van der Waals surface area (Å²) in [5.41, 5.74) is 3.89. The SMILES string of the molecule is Cc1ccc(CN2CCCC(C(=O)O)C2)cc1C. The Bertz CT molecular complexity index is 442. The number of rotatable bonds is 3. The van der Waals surface area contributed by atoms with Crippen LogP contribution in [0, 0.1) is 19.8 Å². The van der Waals surface area contributed by atoms with Crippen molar-refractivity contribution < 1.29 is 9.90 Å². The van der Waals surface area contributed by atoms with Gasteiger partial charge in [0.25, 0.3) is 0 Å². The largest absolute Gasteiger partial charge is 0.481 e. The number of likely N-dealkylation sites (tertiary alicyclic amines) is 1. The van der Waals surface area contributed by atoms with Crippen molar-refractivity contribution in [2.75, 3.05) is 13.1 Å². The second-order valence-electron chi connectivity index (χ2n) is 5.33. The van der Waals surface area contributed by atoms with Gasteiger partial charge in [-0.3, -0.25) is 9.69 Å². The van der Waals surface area contributed by atoms with E-state index in [4.69, 9.17) is 5.11 Å². The Morgan fingerprint density at radius 1 is 1.39 bits per heavy atom. The topological polar surface area (TPSA) is 40.5 Å². The van der Waals surface area contributed by atoms with E-state index in [1.807, 2.05) is 0 Å². The highest BCUT2D eigenvalue weighted by Crippen LogP contribution is 2.19. The first kappa shape index (κ1) is 13.1. The van der Waals surface area contributed by atoms with Crippen LogP contribution in [0.5, 0.6) is 0 Å². The molecule has 0 spiro atoms. The molecular formula is C15H21NO2. The number of hydrogen-bond donors (Lipinski definition) is 1. The maximum Gasteiger partial charge on any atom is 0.307 e. The fourth-order valence-corrected chi connectivity index (χ4v) is 2.56. The molecule has 0 saturated carbocycles. The number of benzene rings is 1. The molecule has 1 aromatic rings. The molecule has 0 radical (unpaired) electrons. The van der Waals surface area contributed by atoms with Crippen LogP contribution in [0.3, 0.4) is 0 Å². The van der Waals surface area contributed by atoms with E-state index in [-0.39, 0.29) is 5.92 Å². The van der Waals surface area contributed by atoms with Crippen molar-refractivity contribution in [3.8, 4) is 0 Å². The summed E-state index contributed by atoms with van der Waals surface area (Å²) in [4.78, 5) is 13.3. The van der Waals surface area contributed by atoms with Crippen LogP contribution >= 0.6 is 0 Å². The smallest absolute Gasteiger partial charge is 0.307 e. The summed E-state index contributed by atoms with van der Waals surface area (Å²) in [7, 11) is 0. The Balaban J connectivity index is 2.00. The second-order valence-corrected chi connectivity index (χ2v) is 5.33. The standard InChI is InChI=1S/C15H21NO2/c1-11-5-6-13(8-12(11)2)9-16-7-3-4-14(10-16)15(17)18/h5-6,8,14H,3-4,7,9-10H2,1-2H3,(H,17,18). The molecule has 98 valence electrons. The molecular weight excluding hydrogens is 226 g/mol. The van der Waals surface area contributed by atoms with Gasteiger partial charge in [-0.05, 0) is 49.9 Å². The van der Waals surface area contributed by atoms with Gasteiger partial charge in [-0.2, -0.15) is 0 Å². The molecule has 18 heavy (non-hydrogen) atoms. The van der Waals surface area contributed by atoms with Crippen LogP contribution in [-0.2, 0) is 11.3 Å². The lowest BCUT2D eigenvalue weighted by molar-refractivity contribution is -0.143. The van der Waals surface area contributed by atoms with Crippen molar-refractivity contribution in [1.29, 1.82) is 0 Å². The average molecular weight is 247 g/mol. The fraction of sp³-hybridized carbons (Fsp3) is 0.533. The van der Waals surface area contributed by atoms with Gasteiger partial charge in [-0.15, -0.1) is 0 Å². The normalized spacial score (nSPS) is 20.9. The first-order valence-electron chi connectivity index (χ1n) is 6.57. The van der Waals surface area contributed by atoms with E-state index < -0.39 is 5.97 Å². The number of aliphatic carboxylic acids is 1. The molecule has 1 aliphatic rings. The van der Waals surface area contributed by atoms with Crippen molar-refractivity contribution in [1.82, 2.24) is 4.90 Å². The van der Waals surface area contributed by atoms with E-state index in [1.54, 1.807) is 0 Å². The van der Waals surface area contributed by atoms with E-state index in [0.717, 1.165) is 25.9 Å². The molecule has 0 amide bonds. The van der Waals surface area contributed by atoms with E-state index in [1.165, 1.54) is 16.7 Å². The molecule has 1 aliphatic heterocycles. The Morgan fingerprint density at radius 3 is 2.83 bits per heavy atom. The minimum atomic E-state index is -0.653. The monoisotopic (exact) mass is 247 g/mol. The van der Waals surface area contributed by atoms with Crippen LogP contribution in [0.25, 0.3) is 0 Å². The van der Waals surface area contributed by atoms with Gasteiger partial charge in [-0.25, -0.2) is 0 Å². The second kappa shape index (κ2) is 5.53. The van der Waals surface area contributed by atoms with Gasteiger partial charge in [0.2, 0.25) is 0 Å². The Kier molecular flexibility index (Phi) is 4.02. The molecule has 1 atom stereocenters. The van der Waals surface area contributed by atoms with Gasteiger partial charge < -0.3 is 5.11 Å². The molecule has 1 N–H and O–H groups in total. The Labute approximate surface area is 108 Å². The van der Waals surface area contributed by atoms with Crippen LogP contribution in [0.15, 0.2) is 18.2 Å². The number of hydrogen-bond acceptors (Lipinski definition) is 2. The fourth-order valence-electron chi connectivity index (χ4n) is 2.56. The highest BCUT2D eigenvalue weighted by molar-refractivity contribution is 5.70. The molecule has 2 rings (SSSR count). The predicted octanol–water partition coefficient (Wildman–Crippen LogP) is 2.60. The van der Waals surface area contributed by atoms with Gasteiger partial charge in [0.15, 0.2) is 0 Å². The van der Waals surface area contributed by atoms with Crippen LogP contribution < -0.4 is 0 Å². The highest BCUT2D eigenvalue weighted by Gasteiger charge is 2.25. The van der Waals surface area contributed by atoms with Crippen LogP contribution in [0.4, 0.5) is 0 Å².